The van der Waals surface area contributed by atoms with Gasteiger partial charge in [0.2, 0.25) is 5.91 Å². The molecule has 0 fully saturated rings. The minimum absolute atomic E-state index is 0.0620. The van der Waals surface area contributed by atoms with Crippen molar-refractivity contribution in [1.29, 1.82) is 0 Å². The lowest BCUT2D eigenvalue weighted by Crippen LogP contribution is -2.40. The van der Waals surface area contributed by atoms with Crippen LogP contribution >= 0.6 is 0 Å². The third kappa shape index (κ3) is 3.40. The molecule has 3 N–H and O–H groups in total. The third-order valence-corrected chi connectivity index (χ3v) is 1.17. The van der Waals surface area contributed by atoms with Crippen molar-refractivity contribution < 1.29 is 9.18 Å². The number of rotatable bonds is 4. The van der Waals surface area contributed by atoms with Crippen molar-refractivity contribution in [3.8, 4) is 0 Å². The van der Waals surface area contributed by atoms with Crippen LogP contribution in [0, 0.1) is 0 Å². The fraction of sp³-hybridized carbons (Fsp3) is 0.833. The van der Waals surface area contributed by atoms with Gasteiger partial charge in [0.1, 0.15) is 6.67 Å². The predicted molar refractivity (Wildman–Crippen MR) is 37.3 cm³/mol. The predicted octanol–water partition coefficient (Wildman–Crippen LogP) is -0.191. The zero-order valence-electron chi connectivity index (χ0n) is 6.06. The highest BCUT2D eigenvalue weighted by molar-refractivity contribution is 5.81. The van der Waals surface area contributed by atoms with Crippen LogP contribution in [0.2, 0.25) is 0 Å². The first-order valence-electron chi connectivity index (χ1n) is 3.31. The summed E-state index contributed by atoms with van der Waals surface area (Å²) in [7, 11) is 0. The van der Waals surface area contributed by atoms with Gasteiger partial charge in [-0.15, -0.1) is 0 Å². The molecule has 0 aliphatic carbocycles. The second kappa shape index (κ2) is 5.17. The molecule has 0 spiro atoms. The number of carbonyl (C=O) groups is 1. The van der Waals surface area contributed by atoms with Crippen LogP contribution < -0.4 is 11.1 Å². The summed E-state index contributed by atoms with van der Waals surface area (Å²) in [6.45, 7) is 1.33. The summed E-state index contributed by atoms with van der Waals surface area (Å²) >= 11 is 0. The maximum Gasteiger partial charge on any atom is 0.236 e. The Bertz CT molecular complexity index is 108. The Morgan fingerprint density at radius 2 is 2.40 bits per heavy atom. The van der Waals surface area contributed by atoms with Crippen LogP contribution in [0.3, 0.4) is 0 Å². The van der Waals surface area contributed by atoms with E-state index in [1.54, 1.807) is 6.92 Å². The van der Waals surface area contributed by atoms with Gasteiger partial charge in [0, 0.05) is 6.54 Å². The topological polar surface area (TPSA) is 55.1 Å². The van der Waals surface area contributed by atoms with Crippen molar-refractivity contribution in [2.75, 3.05) is 13.2 Å². The molecular formula is C6H13FN2O. The number of carbonyl (C=O) groups excluding carboxylic acids is 1. The van der Waals surface area contributed by atoms with Gasteiger partial charge in [-0.3, -0.25) is 4.79 Å². The molecule has 0 aromatic carbocycles. The molecule has 10 heavy (non-hydrogen) atoms. The van der Waals surface area contributed by atoms with E-state index in [2.05, 4.69) is 5.32 Å². The highest BCUT2D eigenvalue weighted by atomic mass is 19.1. The largest absolute Gasteiger partial charge is 0.352 e. The van der Waals surface area contributed by atoms with Gasteiger partial charge >= 0.3 is 0 Å². The Labute approximate surface area is 59.8 Å². The van der Waals surface area contributed by atoms with E-state index in [1.807, 2.05) is 0 Å². The Morgan fingerprint density at radius 1 is 1.80 bits per heavy atom. The molecule has 0 radical (unpaired) electrons. The number of alkyl halides is 1. The van der Waals surface area contributed by atoms with E-state index in [9.17, 15) is 9.18 Å². The molecule has 0 rings (SSSR count). The minimum Gasteiger partial charge on any atom is -0.352 e. The van der Waals surface area contributed by atoms with Crippen LogP contribution in [0.1, 0.15) is 13.3 Å². The number of hydrogen-bond acceptors (Lipinski definition) is 2. The van der Waals surface area contributed by atoms with Crippen molar-refractivity contribution in [2.24, 2.45) is 5.73 Å². The first-order valence-corrected chi connectivity index (χ1v) is 3.31. The molecule has 0 saturated carbocycles. The third-order valence-electron chi connectivity index (χ3n) is 1.17. The van der Waals surface area contributed by atoms with E-state index >= 15 is 0 Å². The summed E-state index contributed by atoms with van der Waals surface area (Å²) in [5.74, 6) is -0.278. The highest BCUT2D eigenvalue weighted by Gasteiger charge is 2.08. The van der Waals surface area contributed by atoms with E-state index in [-0.39, 0.29) is 12.5 Å². The van der Waals surface area contributed by atoms with Crippen molar-refractivity contribution in [3.05, 3.63) is 0 Å². The Hall–Kier alpha value is -0.640. The highest BCUT2D eigenvalue weighted by Crippen LogP contribution is 1.84. The van der Waals surface area contributed by atoms with Gasteiger partial charge in [-0.05, 0) is 6.42 Å². The van der Waals surface area contributed by atoms with Crippen molar-refractivity contribution in [1.82, 2.24) is 5.32 Å². The maximum atomic E-state index is 11.5. The van der Waals surface area contributed by atoms with Gasteiger partial charge in [-0.2, -0.15) is 0 Å². The molecule has 1 atom stereocenters. The van der Waals surface area contributed by atoms with E-state index in [1.165, 1.54) is 0 Å². The zero-order chi connectivity index (χ0) is 7.98. The zero-order valence-corrected chi connectivity index (χ0v) is 6.06. The maximum absolute atomic E-state index is 11.5. The monoisotopic (exact) mass is 148 g/mol. The molecule has 60 valence electrons. The number of halogens is 1. The van der Waals surface area contributed by atoms with Crippen LogP contribution in [-0.4, -0.2) is 25.2 Å². The lowest BCUT2D eigenvalue weighted by atomic mass is 10.2. The molecule has 0 aromatic heterocycles. The number of nitrogens with one attached hydrogen (secondary N) is 1. The number of nitrogens with two attached hydrogens (primary N) is 1. The van der Waals surface area contributed by atoms with Crippen molar-refractivity contribution in [3.63, 3.8) is 0 Å². The second-order valence-corrected chi connectivity index (χ2v) is 1.99. The van der Waals surface area contributed by atoms with Gasteiger partial charge in [-0.1, -0.05) is 6.92 Å². The van der Waals surface area contributed by atoms with Crippen molar-refractivity contribution >= 4 is 5.91 Å². The summed E-state index contributed by atoms with van der Waals surface area (Å²) in [5, 5.41) is 2.34. The molecule has 1 amide bonds. The first-order chi connectivity index (χ1) is 4.72. The fourth-order valence-corrected chi connectivity index (χ4v) is 0.487. The van der Waals surface area contributed by atoms with E-state index in [4.69, 9.17) is 5.73 Å². The van der Waals surface area contributed by atoms with Gasteiger partial charge in [0.05, 0.1) is 6.04 Å². The number of hydrogen-bond donors (Lipinski definition) is 2. The van der Waals surface area contributed by atoms with Crippen LogP contribution in [0.15, 0.2) is 0 Å². The Balaban J connectivity index is 3.42. The summed E-state index contributed by atoms with van der Waals surface area (Å²) < 4.78 is 11.5. The summed E-state index contributed by atoms with van der Waals surface area (Å²) in [4.78, 5) is 10.7. The SMILES string of the molecule is CCC(N)C(=O)NCCF. The lowest BCUT2D eigenvalue weighted by Gasteiger charge is -2.07. The van der Waals surface area contributed by atoms with Gasteiger partial charge < -0.3 is 11.1 Å². The van der Waals surface area contributed by atoms with E-state index in [0.29, 0.717) is 6.42 Å². The van der Waals surface area contributed by atoms with Gasteiger partial charge in [-0.25, -0.2) is 4.39 Å². The first kappa shape index (κ1) is 9.36. The molecule has 0 heterocycles. The minimum atomic E-state index is -0.540. The summed E-state index contributed by atoms with van der Waals surface area (Å²) in [6.07, 6.45) is 0.581. The quantitative estimate of drug-likeness (QED) is 0.580. The molecule has 0 saturated heterocycles. The molecular weight excluding hydrogens is 135 g/mol. The Kier molecular flexibility index (Phi) is 4.84. The molecule has 1 unspecified atom stereocenters. The summed E-state index contributed by atoms with van der Waals surface area (Å²) in [6, 6.07) is -0.494. The van der Waals surface area contributed by atoms with E-state index in [0.717, 1.165) is 0 Å². The molecule has 3 nitrogen and oxygen atoms in total. The molecule has 0 bridgehead atoms. The number of amides is 1. The van der Waals surface area contributed by atoms with Crippen molar-refractivity contribution in [2.45, 2.75) is 19.4 Å². The van der Waals surface area contributed by atoms with Crippen LogP contribution in [0.25, 0.3) is 0 Å². The summed E-state index contributed by atoms with van der Waals surface area (Å²) in [5.41, 5.74) is 5.32. The normalized spacial score (nSPS) is 12.7. The standard InChI is InChI=1S/C6H13FN2O/c1-2-5(8)6(10)9-4-3-7/h5H,2-4,8H2,1H3,(H,9,10). The van der Waals surface area contributed by atoms with Crippen LogP contribution in [-0.2, 0) is 4.79 Å². The van der Waals surface area contributed by atoms with Gasteiger partial charge in [0.15, 0.2) is 0 Å². The van der Waals surface area contributed by atoms with Crippen LogP contribution in [0.5, 0.6) is 0 Å². The fourth-order valence-electron chi connectivity index (χ4n) is 0.487. The van der Waals surface area contributed by atoms with Crippen LogP contribution in [0.4, 0.5) is 4.39 Å². The smallest absolute Gasteiger partial charge is 0.236 e. The van der Waals surface area contributed by atoms with Gasteiger partial charge in [0.25, 0.3) is 0 Å². The average molecular weight is 148 g/mol. The van der Waals surface area contributed by atoms with E-state index < -0.39 is 12.7 Å². The lowest BCUT2D eigenvalue weighted by molar-refractivity contribution is -0.122. The molecule has 4 heteroatoms. The second-order valence-electron chi connectivity index (χ2n) is 1.99. The molecule has 0 aliphatic rings. The molecule has 0 aliphatic heterocycles. The molecule has 0 aromatic rings. The Morgan fingerprint density at radius 3 is 2.80 bits per heavy atom. The average Bonchev–Trinajstić information content (AvgIpc) is 1.98.